The minimum Gasteiger partial charge on any atom is -0.358 e. The smallest absolute Gasteiger partial charge is 0.344 e. The van der Waals surface area contributed by atoms with E-state index in [9.17, 15) is 19.7 Å². The molecule has 8 nitrogen and oxygen atoms in total. The zero-order chi connectivity index (χ0) is 15.0. The Bertz CT molecular complexity index is 717. The van der Waals surface area contributed by atoms with Gasteiger partial charge in [-0.25, -0.2) is 0 Å². The van der Waals surface area contributed by atoms with E-state index >= 15 is 0 Å². The van der Waals surface area contributed by atoms with Crippen LogP contribution in [0, 0.1) is 10.1 Å². The van der Waals surface area contributed by atoms with Gasteiger partial charge in [0.15, 0.2) is 0 Å². The molecule has 1 aromatic heterocycles. The normalized spacial score (nSPS) is 13.6. The third-order valence-corrected chi connectivity index (χ3v) is 3.29. The molecule has 21 heavy (non-hydrogen) atoms. The molecule has 1 aliphatic heterocycles. The van der Waals surface area contributed by atoms with Gasteiger partial charge < -0.3 is 10.1 Å². The Morgan fingerprint density at radius 2 is 1.67 bits per heavy atom. The average molecular weight is 286 g/mol. The number of carbonyl (C=O) groups is 2. The fraction of sp³-hybridized carbons (Fsp3) is 0.154. The molecule has 3 rings (SSSR count). The second kappa shape index (κ2) is 4.82. The van der Waals surface area contributed by atoms with Crippen molar-refractivity contribution >= 4 is 17.6 Å². The maximum Gasteiger partial charge on any atom is 0.344 e. The molecular weight excluding hydrogens is 276 g/mol. The van der Waals surface area contributed by atoms with Crippen LogP contribution in [-0.4, -0.2) is 38.0 Å². The standard InChI is InChI=1S/C13H10N4O4/c18-12-9-3-1-2-4-10(9)13(19)15(12)7-8-16-11(17(20)21)5-6-14-16/h1-6H,7-8H2. The summed E-state index contributed by atoms with van der Waals surface area (Å²) in [6, 6.07) is 7.82. The molecule has 0 unspecified atom stereocenters. The van der Waals surface area contributed by atoms with Crippen molar-refractivity contribution in [1.82, 2.24) is 14.7 Å². The Morgan fingerprint density at radius 1 is 1.05 bits per heavy atom. The van der Waals surface area contributed by atoms with E-state index in [-0.39, 0.29) is 30.7 Å². The molecule has 0 bridgehead atoms. The fourth-order valence-electron chi connectivity index (χ4n) is 2.29. The van der Waals surface area contributed by atoms with E-state index in [0.29, 0.717) is 11.1 Å². The van der Waals surface area contributed by atoms with Crippen molar-refractivity contribution in [2.75, 3.05) is 6.54 Å². The third-order valence-electron chi connectivity index (χ3n) is 3.29. The van der Waals surface area contributed by atoms with Crippen LogP contribution < -0.4 is 0 Å². The van der Waals surface area contributed by atoms with Crippen molar-refractivity contribution in [3.05, 3.63) is 57.8 Å². The van der Waals surface area contributed by atoms with Gasteiger partial charge in [-0.15, -0.1) is 4.68 Å². The number of nitro groups is 1. The molecule has 1 aliphatic rings. The molecular formula is C13H10N4O4. The van der Waals surface area contributed by atoms with E-state index in [1.807, 2.05) is 0 Å². The number of nitrogens with zero attached hydrogens (tertiary/aromatic N) is 4. The number of benzene rings is 1. The Balaban J connectivity index is 1.78. The first-order valence-electron chi connectivity index (χ1n) is 6.21. The molecule has 106 valence electrons. The quantitative estimate of drug-likeness (QED) is 0.476. The van der Waals surface area contributed by atoms with Crippen LogP contribution in [0.25, 0.3) is 0 Å². The first-order valence-corrected chi connectivity index (χ1v) is 6.21. The van der Waals surface area contributed by atoms with Crippen molar-refractivity contribution in [2.24, 2.45) is 0 Å². The highest BCUT2D eigenvalue weighted by Crippen LogP contribution is 2.22. The van der Waals surface area contributed by atoms with Gasteiger partial charge in [0, 0.05) is 0 Å². The predicted molar refractivity (Wildman–Crippen MR) is 70.7 cm³/mol. The fourth-order valence-corrected chi connectivity index (χ4v) is 2.29. The molecule has 0 saturated carbocycles. The first-order chi connectivity index (χ1) is 10.1. The second-order valence-corrected chi connectivity index (χ2v) is 4.48. The number of carbonyl (C=O) groups excluding carboxylic acids is 2. The lowest BCUT2D eigenvalue weighted by atomic mass is 10.1. The number of rotatable bonds is 4. The van der Waals surface area contributed by atoms with Crippen LogP contribution in [0.5, 0.6) is 0 Å². The Morgan fingerprint density at radius 3 is 2.24 bits per heavy atom. The SMILES string of the molecule is O=C1c2ccccc2C(=O)N1CCn1nccc1[N+](=O)[O-]. The highest BCUT2D eigenvalue weighted by Gasteiger charge is 2.35. The van der Waals surface area contributed by atoms with Crippen molar-refractivity contribution in [1.29, 1.82) is 0 Å². The van der Waals surface area contributed by atoms with Crippen LogP contribution in [0.2, 0.25) is 0 Å². The molecule has 2 heterocycles. The summed E-state index contributed by atoms with van der Waals surface area (Å²) in [6.45, 7) is 0.115. The minimum atomic E-state index is -0.560. The molecule has 2 amide bonds. The summed E-state index contributed by atoms with van der Waals surface area (Å²) in [5.74, 6) is -0.942. The van der Waals surface area contributed by atoms with Crippen LogP contribution in [0.1, 0.15) is 20.7 Å². The van der Waals surface area contributed by atoms with Crippen LogP contribution in [0.3, 0.4) is 0 Å². The van der Waals surface area contributed by atoms with Gasteiger partial charge in [-0.2, -0.15) is 0 Å². The zero-order valence-corrected chi connectivity index (χ0v) is 10.8. The van der Waals surface area contributed by atoms with Crippen molar-refractivity contribution in [2.45, 2.75) is 6.54 Å². The van der Waals surface area contributed by atoms with Crippen molar-refractivity contribution in [3.63, 3.8) is 0 Å². The number of aromatic nitrogens is 2. The lowest BCUT2D eigenvalue weighted by Gasteiger charge is -2.11. The van der Waals surface area contributed by atoms with Crippen LogP contribution in [0.4, 0.5) is 5.82 Å². The highest BCUT2D eigenvalue weighted by molar-refractivity contribution is 6.21. The number of fused-ring (bicyclic) bond motifs is 1. The van der Waals surface area contributed by atoms with Gasteiger partial charge in [0.1, 0.15) is 6.54 Å². The molecule has 2 aromatic rings. The zero-order valence-electron chi connectivity index (χ0n) is 10.8. The Labute approximate surface area is 118 Å². The van der Waals surface area contributed by atoms with Gasteiger partial charge in [-0.05, 0) is 17.1 Å². The second-order valence-electron chi connectivity index (χ2n) is 4.48. The monoisotopic (exact) mass is 286 g/mol. The van der Waals surface area contributed by atoms with Gasteiger partial charge in [0.2, 0.25) is 0 Å². The topological polar surface area (TPSA) is 98.3 Å². The third kappa shape index (κ3) is 2.06. The summed E-state index contributed by atoms with van der Waals surface area (Å²) < 4.78 is 1.16. The number of imide groups is 1. The van der Waals surface area contributed by atoms with Gasteiger partial charge in [-0.1, -0.05) is 17.2 Å². The first kappa shape index (κ1) is 13.0. The van der Waals surface area contributed by atoms with Gasteiger partial charge >= 0.3 is 5.82 Å². The van der Waals surface area contributed by atoms with Crippen molar-refractivity contribution in [3.8, 4) is 0 Å². The molecule has 0 spiro atoms. The number of amides is 2. The Kier molecular flexibility index (Phi) is 2.98. The molecule has 0 saturated heterocycles. The van der Waals surface area contributed by atoms with Gasteiger partial charge in [0.05, 0.1) is 29.9 Å². The van der Waals surface area contributed by atoms with E-state index < -0.39 is 4.92 Å². The van der Waals surface area contributed by atoms with E-state index in [4.69, 9.17) is 0 Å². The summed E-state index contributed by atoms with van der Waals surface area (Å²) in [4.78, 5) is 35.6. The number of hydrogen-bond acceptors (Lipinski definition) is 5. The lowest BCUT2D eigenvalue weighted by Crippen LogP contribution is -2.33. The van der Waals surface area contributed by atoms with Gasteiger partial charge in [-0.3, -0.25) is 14.5 Å². The molecule has 0 N–H and O–H groups in total. The van der Waals surface area contributed by atoms with E-state index in [0.717, 1.165) is 9.58 Å². The number of hydrogen-bond donors (Lipinski definition) is 0. The molecule has 0 atom stereocenters. The molecule has 0 aliphatic carbocycles. The average Bonchev–Trinajstić information content (AvgIpc) is 3.03. The Hall–Kier alpha value is -3.03. The van der Waals surface area contributed by atoms with Gasteiger partial charge in [0.25, 0.3) is 11.8 Å². The van der Waals surface area contributed by atoms with Crippen LogP contribution in [-0.2, 0) is 6.54 Å². The molecule has 0 fully saturated rings. The summed E-state index contributed by atoms with van der Waals surface area (Å²) >= 11 is 0. The lowest BCUT2D eigenvalue weighted by molar-refractivity contribution is -0.392. The molecule has 8 heteroatoms. The summed E-state index contributed by atoms with van der Waals surface area (Å²) in [5.41, 5.74) is 0.718. The van der Waals surface area contributed by atoms with Crippen LogP contribution >= 0.6 is 0 Å². The summed E-state index contributed by atoms with van der Waals surface area (Å²) in [5, 5.41) is 14.6. The predicted octanol–water partition coefficient (Wildman–Crippen LogP) is 1.09. The van der Waals surface area contributed by atoms with E-state index in [1.54, 1.807) is 24.3 Å². The van der Waals surface area contributed by atoms with E-state index in [1.165, 1.54) is 12.3 Å². The van der Waals surface area contributed by atoms with Crippen LogP contribution in [0.15, 0.2) is 36.5 Å². The summed E-state index contributed by atoms with van der Waals surface area (Å²) in [7, 11) is 0. The minimum absolute atomic E-state index is 0.0366. The molecule has 1 aromatic carbocycles. The maximum atomic E-state index is 12.1. The largest absolute Gasteiger partial charge is 0.358 e. The summed E-state index contributed by atoms with van der Waals surface area (Å²) in [6.07, 6.45) is 1.31. The van der Waals surface area contributed by atoms with Crippen molar-refractivity contribution < 1.29 is 14.5 Å². The van der Waals surface area contributed by atoms with E-state index in [2.05, 4.69) is 5.10 Å². The highest BCUT2D eigenvalue weighted by atomic mass is 16.6. The maximum absolute atomic E-state index is 12.1. The molecule has 0 radical (unpaired) electrons.